The van der Waals surface area contributed by atoms with Gasteiger partial charge in [0.25, 0.3) is 11.5 Å². The zero-order chi connectivity index (χ0) is 26.8. The monoisotopic (exact) mass is 542 g/mol. The summed E-state index contributed by atoms with van der Waals surface area (Å²) in [5.74, 6) is 0.756. The van der Waals surface area contributed by atoms with Crippen LogP contribution in [0.3, 0.4) is 0 Å². The van der Waals surface area contributed by atoms with Crippen molar-refractivity contribution in [1.82, 2.24) is 9.47 Å². The first-order chi connectivity index (χ1) is 17.9. The van der Waals surface area contributed by atoms with Gasteiger partial charge in [-0.25, -0.2) is 0 Å². The molecule has 0 bridgehead atoms. The van der Waals surface area contributed by atoms with Crippen LogP contribution in [0.5, 0.6) is 0 Å². The normalized spacial score (nSPS) is 16.9. The van der Waals surface area contributed by atoms with Crippen LogP contribution in [0, 0.1) is 18.3 Å². The number of thioether (sulfide) groups is 1. The summed E-state index contributed by atoms with van der Waals surface area (Å²) in [6.45, 7) is 8.84. The Morgan fingerprint density at radius 2 is 1.57 bits per heavy atom. The minimum absolute atomic E-state index is 0.0644. The maximum absolute atomic E-state index is 13.3. The van der Waals surface area contributed by atoms with E-state index in [4.69, 9.17) is 12.2 Å². The lowest BCUT2D eigenvalue weighted by Crippen LogP contribution is -2.33. The van der Waals surface area contributed by atoms with Crippen molar-refractivity contribution < 1.29 is 4.79 Å². The van der Waals surface area contributed by atoms with Crippen molar-refractivity contribution in [3.8, 4) is 6.07 Å². The predicted molar refractivity (Wildman–Crippen MR) is 159 cm³/mol. The Bertz CT molecular complexity index is 1100. The summed E-state index contributed by atoms with van der Waals surface area (Å²) in [4.78, 5) is 30.9. The van der Waals surface area contributed by atoms with Gasteiger partial charge in [0.2, 0.25) is 0 Å². The Kier molecular flexibility index (Phi) is 11.7. The van der Waals surface area contributed by atoms with E-state index in [-0.39, 0.29) is 17.0 Å². The number of rotatable bonds is 14. The van der Waals surface area contributed by atoms with Crippen molar-refractivity contribution in [2.45, 2.75) is 104 Å². The number of thiocarbonyl (C=S) groups is 1. The third-order valence-corrected chi connectivity index (χ3v) is 8.83. The topological polar surface area (TPSA) is 69.3 Å². The highest BCUT2D eigenvalue weighted by Crippen LogP contribution is 2.36. The number of nitriles is 1. The number of pyridine rings is 1. The largest absolute Gasteiger partial charge is 0.357 e. The van der Waals surface area contributed by atoms with Gasteiger partial charge in [0.05, 0.1) is 4.91 Å². The summed E-state index contributed by atoms with van der Waals surface area (Å²) < 4.78 is 2.28. The van der Waals surface area contributed by atoms with Crippen molar-refractivity contribution in [3.63, 3.8) is 0 Å². The van der Waals surface area contributed by atoms with E-state index in [0.717, 1.165) is 50.2 Å². The van der Waals surface area contributed by atoms with Crippen LogP contribution in [0.15, 0.2) is 9.70 Å². The number of amides is 1. The molecule has 0 N–H and O–H groups in total. The van der Waals surface area contributed by atoms with E-state index in [0.29, 0.717) is 27.9 Å². The highest BCUT2D eigenvalue weighted by Gasteiger charge is 2.33. The average Bonchev–Trinajstić information content (AvgIpc) is 3.51. The molecule has 0 atom stereocenters. The third kappa shape index (κ3) is 7.26. The second-order valence-corrected chi connectivity index (χ2v) is 11.8. The molecule has 2 fully saturated rings. The molecule has 1 aromatic heterocycles. The molecule has 0 radical (unpaired) electrons. The standard InChI is InChI=1S/C29H42N4O2S2/c1-4-6-7-8-9-10-11-12-13-14-19-33-28(35)25(37-29(33)36)20-23-22(3)24(21-30)27(34)32(5-2)26(23)31-17-15-16-18-31/h20H,4-19H2,1-3H3/b25-20+. The number of hydrogen-bond acceptors (Lipinski definition) is 6. The minimum atomic E-state index is -0.255. The fourth-order valence-corrected chi connectivity index (χ4v) is 6.58. The lowest BCUT2D eigenvalue weighted by Gasteiger charge is -2.26. The lowest BCUT2D eigenvalue weighted by molar-refractivity contribution is -0.122. The van der Waals surface area contributed by atoms with Crippen molar-refractivity contribution >= 4 is 46.1 Å². The van der Waals surface area contributed by atoms with E-state index in [1.54, 1.807) is 9.47 Å². The minimum Gasteiger partial charge on any atom is -0.357 e. The van der Waals surface area contributed by atoms with Crippen LogP contribution >= 0.6 is 24.0 Å². The molecular formula is C29H42N4O2S2. The molecule has 1 amide bonds. The Morgan fingerprint density at radius 3 is 2.14 bits per heavy atom. The molecule has 0 unspecified atom stereocenters. The second-order valence-electron chi connectivity index (χ2n) is 10.1. The van der Waals surface area contributed by atoms with Crippen molar-refractivity contribution in [3.05, 3.63) is 31.9 Å². The maximum atomic E-state index is 13.3. The lowest BCUT2D eigenvalue weighted by atomic mass is 10.0. The number of carbonyl (C=O) groups is 1. The van der Waals surface area contributed by atoms with Crippen LogP contribution in [0.25, 0.3) is 6.08 Å². The number of anilines is 1. The fraction of sp³-hybridized carbons (Fsp3) is 0.655. The smallest absolute Gasteiger partial charge is 0.270 e. The average molecular weight is 543 g/mol. The molecule has 2 aliphatic heterocycles. The van der Waals surface area contributed by atoms with Gasteiger partial charge < -0.3 is 4.90 Å². The molecule has 0 spiro atoms. The van der Waals surface area contributed by atoms with Crippen LogP contribution < -0.4 is 10.5 Å². The molecule has 0 saturated carbocycles. The van der Waals surface area contributed by atoms with E-state index in [9.17, 15) is 14.9 Å². The molecule has 202 valence electrons. The molecule has 2 saturated heterocycles. The summed E-state index contributed by atoms with van der Waals surface area (Å²) in [5, 5.41) is 9.72. The molecule has 3 rings (SSSR count). The summed E-state index contributed by atoms with van der Waals surface area (Å²) in [6.07, 6.45) is 16.5. The van der Waals surface area contributed by atoms with E-state index in [2.05, 4.69) is 17.9 Å². The van der Waals surface area contributed by atoms with Crippen LogP contribution in [0.2, 0.25) is 0 Å². The Balaban J connectivity index is 1.69. The number of unbranched alkanes of at least 4 members (excludes halogenated alkanes) is 9. The first-order valence-electron chi connectivity index (χ1n) is 14.1. The molecule has 0 aliphatic carbocycles. The summed E-state index contributed by atoms with van der Waals surface area (Å²) >= 11 is 6.91. The Labute approximate surface area is 232 Å². The summed E-state index contributed by atoms with van der Waals surface area (Å²) in [5.41, 5.74) is 1.32. The van der Waals surface area contributed by atoms with E-state index in [1.165, 1.54) is 63.1 Å². The van der Waals surface area contributed by atoms with Crippen LogP contribution in [0.4, 0.5) is 5.82 Å². The van der Waals surface area contributed by atoms with Crippen molar-refractivity contribution in [1.29, 1.82) is 5.26 Å². The molecule has 2 aliphatic rings. The third-order valence-electron chi connectivity index (χ3n) is 7.45. The number of carbonyl (C=O) groups excluding carboxylic acids is 1. The van der Waals surface area contributed by atoms with Gasteiger partial charge in [0, 0.05) is 31.7 Å². The van der Waals surface area contributed by atoms with Gasteiger partial charge in [-0.2, -0.15) is 5.26 Å². The molecule has 8 heteroatoms. The zero-order valence-corrected chi connectivity index (χ0v) is 24.4. The highest BCUT2D eigenvalue weighted by molar-refractivity contribution is 8.26. The number of hydrogen-bond donors (Lipinski definition) is 0. The Hall–Kier alpha value is -2.11. The quantitative estimate of drug-likeness (QED) is 0.147. The van der Waals surface area contributed by atoms with Gasteiger partial charge in [-0.05, 0) is 44.7 Å². The molecular weight excluding hydrogens is 500 g/mol. The summed E-state index contributed by atoms with van der Waals surface area (Å²) in [7, 11) is 0. The fourth-order valence-electron chi connectivity index (χ4n) is 5.29. The van der Waals surface area contributed by atoms with E-state index in [1.807, 2.05) is 19.9 Å². The molecule has 3 heterocycles. The van der Waals surface area contributed by atoms with Gasteiger partial charge in [0.15, 0.2) is 0 Å². The molecule has 6 nitrogen and oxygen atoms in total. The second kappa shape index (κ2) is 14.7. The molecule has 0 aromatic carbocycles. The van der Waals surface area contributed by atoms with Gasteiger partial charge >= 0.3 is 0 Å². The van der Waals surface area contributed by atoms with Gasteiger partial charge in [-0.15, -0.1) is 0 Å². The first-order valence-corrected chi connectivity index (χ1v) is 15.3. The number of aromatic nitrogens is 1. The van der Waals surface area contributed by atoms with E-state index >= 15 is 0 Å². The van der Waals surface area contributed by atoms with Gasteiger partial charge in [-0.3, -0.25) is 19.1 Å². The van der Waals surface area contributed by atoms with Gasteiger partial charge in [0.1, 0.15) is 21.8 Å². The van der Waals surface area contributed by atoms with Crippen LogP contribution in [0.1, 0.15) is 108 Å². The highest BCUT2D eigenvalue weighted by atomic mass is 32.2. The Morgan fingerprint density at radius 1 is 0.973 bits per heavy atom. The van der Waals surface area contributed by atoms with Crippen molar-refractivity contribution in [2.75, 3.05) is 24.5 Å². The summed E-state index contributed by atoms with van der Waals surface area (Å²) in [6, 6.07) is 2.10. The van der Waals surface area contributed by atoms with E-state index < -0.39 is 0 Å². The van der Waals surface area contributed by atoms with Gasteiger partial charge in [-0.1, -0.05) is 88.7 Å². The predicted octanol–water partition coefficient (Wildman–Crippen LogP) is 6.77. The maximum Gasteiger partial charge on any atom is 0.270 e. The molecule has 37 heavy (non-hydrogen) atoms. The SMILES string of the molecule is CCCCCCCCCCCCN1C(=O)/C(=C\c2c(C)c(C#N)c(=O)n(CC)c2N2CCCC2)SC1=S. The number of nitrogens with zero attached hydrogens (tertiary/aromatic N) is 4. The first kappa shape index (κ1) is 29.4. The zero-order valence-electron chi connectivity index (χ0n) is 22.8. The van der Waals surface area contributed by atoms with Crippen LogP contribution in [-0.4, -0.2) is 39.3 Å². The van der Waals surface area contributed by atoms with Crippen molar-refractivity contribution in [2.24, 2.45) is 0 Å². The van der Waals surface area contributed by atoms with Crippen LogP contribution in [-0.2, 0) is 11.3 Å². The molecule has 1 aromatic rings.